The first kappa shape index (κ1) is 12.7. The maximum Gasteiger partial charge on any atom is 0.522 e. The Bertz CT molecular complexity index is 147. The molecule has 0 amide bonds. The molecular weight excluding hydrogens is 187 g/mol. The lowest BCUT2D eigenvalue weighted by Gasteiger charge is -2.23. The Morgan fingerprint density at radius 3 is 1.92 bits per heavy atom. The predicted molar refractivity (Wildman–Crippen MR) is 41.1 cm³/mol. The molecule has 3 nitrogen and oxygen atoms in total. The van der Waals surface area contributed by atoms with Crippen LogP contribution in [0.2, 0.25) is 0 Å². The summed E-state index contributed by atoms with van der Waals surface area (Å²) in [5.41, 5.74) is 4.68. The van der Waals surface area contributed by atoms with Crippen LogP contribution in [0.5, 0.6) is 0 Å². The Hall–Kier alpha value is -0.330. The summed E-state index contributed by atoms with van der Waals surface area (Å²) in [6.07, 6.45) is -4.59. The van der Waals surface area contributed by atoms with Gasteiger partial charge in [-0.2, -0.15) is 0 Å². The number of hydrogen-bond acceptors (Lipinski definition) is 3. The molecule has 80 valence electrons. The zero-order valence-corrected chi connectivity index (χ0v) is 7.65. The van der Waals surface area contributed by atoms with Crippen molar-refractivity contribution in [2.24, 2.45) is 5.73 Å². The Kier molecular flexibility index (Phi) is 4.66. The van der Waals surface area contributed by atoms with Crippen LogP contribution in [-0.2, 0) is 9.47 Å². The van der Waals surface area contributed by atoms with Crippen molar-refractivity contribution in [3.8, 4) is 0 Å². The molecule has 0 radical (unpaired) electrons. The Balaban J connectivity index is 3.47. The van der Waals surface area contributed by atoms with E-state index in [1.165, 1.54) is 0 Å². The first-order valence-electron chi connectivity index (χ1n) is 3.81. The van der Waals surface area contributed by atoms with Gasteiger partial charge in [-0.05, 0) is 13.8 Å². The molecule has 0 aromatic carbocycles. The van der Waals surface area contributed by atoms with Crippen LogP contribution in [-0.4, -0.2) is 31.7 Å². The highest BCUT2D eigenvalue weighted by molar-refractivity contribution is 4.68. The van der Waals surface area contributed by atoms with E-state index in [9.17, 15) is 13.2 Å². The number of ether oxygens (including phenoxy) is 2. The molecule has 0 rings (SSSR count). The van der Waals surface area contributed by atoms with Crippen LogP contribution in [0.1, 0.15) is 13.8 Å². The molecule has 0 atom stereocenters. The fraction of sp³-hybridized carbons (Fsp3) is 1.00. The van der Waals surface area contributed by atoms with Gasteiger partial charge in [0, 0.05) is 6.54 Å². The van der Waals surface area contributed by atoms with Crippen molar-refractivity contribution in [3.63, 3.8) is 0 Å². The van der Waals surface area contributed by atoms with E-state index in [4.69, 9.17) is 10.5 Å². The van der Waals surface area contributed by atoms with Crippen LogP contribution in [0.25, 0.3) is 0 Å². The molecule has 0 aromatic rings. The number of alkyl halides is 3. The Labute approximate surface area is 75.0 Å². The summed E-state index contributed by atoms with van der Waals surface area (Å²) in [7, 11) is 0. The number of nitrogens with two attached hydrogens (primary N) is 1. The third-order valence-electron chi connectivity index (χ3n) is 1.33. The summed E-state index contributed by atoms with van der Waals surface area (Å²) < 4.78 is 42.9. The van der Waals surface area contributed by atoms with E-state index in [0.29, 0.717) is 0 Å². The van der Waals surface area contributed by atoms with Gasteiger partial charge in [-0.1, -0.05) is 0 Å². The molecule has 0 fully saturated rings. The summed E-state index contributed by atoms with van der Waals surface area (Å²) in [5, 5.41) is 0. The van der Waals surface area contributed by atoms with Gasteiger partial charge in [-0.15, -0.1) is 13.2 Å². The van der Waals surface area contributed by atoms with Crippen LogP contribution in [0.3, 0.4) is 0 Å². The minimum absolute atomic E-state index is 0.121. The normalized spacial score (nSPS) is 13.4. The van der Waals surface area contributed by atoms with Gasteiger partial charge in [-0.25, -0.2) is 0 Å². The molecule has 0 aliphatic rings. The molecule has 0 unspecified atom stereocenters. The van der Waals surface area contributed by atoms with Crippen molar-refractivity contribution in [1.82, 2.24) is 0 Å². The molecule has 0 bridgehead atoms. The predicted octanol–water partition coefficient (Wildman–Crippen LogP) is 1.28. The van der Waals surface area contributed by atoms with Gasteiger partial charge in [0.15, 0.2) is 0 Å². The summed E-state index contributed by atoms with van der Waals surface area (Å²) in [6.45, 7) is 3.01. The molecule has 0 saturated carbocycles. The first-order chi connectivity index (χ1) is 5.77. The third-order valence-corrected chi connectivity index (χ3v) is 1.33. The Morgan fingerprint density at radius 1 is 1.08 bits per heavy atom. The monoisotopic (exact) mass is 201 g/mol. The van der Waals surface area contributed by atoms with Crippen molar-refractivity contribution < 1.29 is 22.6 Å². The van der Waals surface area contributed by atoms with Crippen LogP contribution in [0.15, 0.2) is 0 Å². The lowest BCUT2D eigenvalue weighted by atomic mass is 10.1. The maximum absolute atomic E-state index is 11.5. The lowest BCUT2D eigenvalue weighted by Crippen LogP contribution is -2.35. The van der Waals surface area contributed by atoms with Crippen LogP contribution >= 0.6 is 0 Å². The van der Waals surface area contributed by atoms with Gasteiger partial charge in [0.2, 0.25) is 0 Å². The molecular formula is C7H14F3NO2. The second-order valence-corrected chi connectivity index (χ2v) is 3.11. The van der Waals surface area contributed by atoms with Crippen molar-refractivity contribution in [1.29, 1.82) is 0 Å². The number of rotatable bonds is 5. The fourth-order valence-corrected chi connectivity index (χ4v) is 0.534. The van der Waals surface area contributed by atoms with Crippen LogP contribution < -0.4 is 5.73 Å². The molecule has 2 N–H and O–H groups in total. The average Bonchev–Trinajstić information content (AvgIpc) is 1.97. The largest absolute Gasteiger partial charge is 0.522 e. The lowest BCUT2D eigenvalue weighted by molar-refractivity contribution is -0.328. The second-order valence-electron chi connectivity index (χ2n) is 3.11. The van der Waals surface area contributed by atoms with Crippen molar-refractivity contribution in [3.05, 3.63) is 0 Å². The highest BCUT2D eigenvalue weighted by Crippen LogP contribution is 2.16. The van der Waals surface area contributed by atoms with E-state index in [-0.39, 0.29) is 13.2 Å². The van der Waals surface area contributed by atoms with Crippen LogP contribution in [0, 0.1) is 0 Å². The molecule has 13 heavy (non-hydrogen) atoms. The molecule has 0 aliphatic heterocycles. The molecule has 0 aromatic heterocycles. The smallest absolute Gasteiger partial charge is 0.372 e. The fourth-order valence-electron chi connectivity index (χ4n) is 0.534. The van der Waals surface area contributed by atoms with E-state index < -0.39 is 18.6 Å². The standard InChI is InChI=1S/C7H14F3NO2/c1-6(2,5-11)12-3-4-13-7(8,9)10/h3-5,11H2,1-2H3. The molecule has 0 spiro atoms. The molecule has 0 aliphatic carbocycles. The van der Waals surface area contributed by atoms with E-state index >= 15 is 0 Å². The number of hydrogen-bond donors (Lipinski definition) is 1. The summed E-state index contributed by atoms with van der Waals surface area (Å²) in [4.78, 5) is 0. The van der Waals surface area contributed by atoms with Gasteiger partial charge >= 0.3 is 6.36 Å². The summed E-state index contributed by atoms with van der Waals surface area (Å²) >= 11 is 0. The topological polar surface area (TPSA) is 44.5 Å². The molecule has 0 heterocycles. The summed E-state index contributed by atoms with van der Waals surface area (Å²) in [5.74, 6) is 0. The maximum atomic E-state index is 11.5. The zero-order chi connectivity index (χ0) is 10.5. The van der Waals surface area contributed by atoms with Crippen LogP contribution in [0.4, 0.5) is 13.2 Å². The van der Waals surface area contributed by atoms with Gasteiger partial charge in [0.1, 0.15) is 0 Å². The average molecular weight is 201 g/mol. The van der Waals surface area contributed by atoms with E-state index in [1.54, 1.807) is 13.8 Å². The quantitative estimate of drug-likeness (QED) is 0.681. The van der Waals surface area contributed by atoms with Crippen molar-refractivity contribution in [2.45, 2.75) is 25.8 Å². The highest BCUT2D eigenvalue weighted by Gasteiger charge is 2.29. The first-order valence-corrected chi connectivity index (χ1v) is 3.81. The Morgan fingerprint density at radius 2 is 1.54 bits per heavy atom. The van der Waals surface area contributed by atoms with E-state index in [0.717, 1.165) is 0 Å². The van der Waals surface area contributed by atoms with Gasteiger partial charge < -0.3 is 10.5 Å². The number of halogens is 3. The highest BCUT2D eigenvalue weighted by atomic mass is 19.4. The van der Waals surface area contributed by atoms with Crippen molar-refractivity contribution >= 4 is 0 Å². The van der Waals surface area contributed by atoms with Gasteiger partial charge in [0.25, 0.3) is 0 Å². The van der Waals surface area contributed by atoms with Gasteiger partial charge in [0.05, 0.1) is 18.8 Å². The van der Waals surface area contributed by atoms with E-state index in [1.807, 2.05) is 0 Å². The van der Waals surface area contributed by atoms with Gasteiger partial charge in [-0.3, -0.25) is 4.74 Å². The minimum atomic E-state index is -4.59. The second kappa shape index (κ2) is 4.78. The summed E-state index contributed by atoms with van der Waals surface area (Å²) in [6, 6.07) is 0. The zero-order valence-electron chi connectivity index (χ0n) is 7.65. The molecule has 0 saturated heterocycles. The minimum Gasteiger partial charge on any atom is -0.372 e. The third kappa shape index (κ3) is 8.01. The molecule has 6 heteroatoms. The van der Waals surface area contributed by atoms with E-state index in [2.05, 4.69) is 4.74 Å². The SMILES string of the molecule is CC(C)(CN)OCCOC(F)(F)F. The van der Waals surface area contributed by atoms with Crippen molar-refractivity contribution in [2.75, 3.05) is 19.8 Å².